The molecule has 0 fully saturated rings. The summed E-state index contributed by atoms with van der Waals surface area (Å²) in [6, 6.07) is 0. The fourth-order valence-electron chi connectivity index (χ4n) is 4.20. The molecule has 1 atom stereocenters. The van der Waals surface area contributed by atoms with Crippen LogP contribution in [0.15, 0.2) is 0 Å². The molecular formula is C29H55O9PS. The lowest BCUT2D eigenvalue weighted by Crippen LogP contribution is -2.29. The van der Waals surface area contributed by atoms with E-state index < -0.39 is 32.5 Å². The zero-order valence-corrected chi connectivity index (χ0v) is 26.7. The van der Waals surface area contributed by atoms with E-state index in [0.29, 0.717) is 12.8 Å². The highest BCUT2D eigenvalue weighted by Gasteiger charge is 2.22. The van der Waals surface area contributed by atoms with Crippen LogP contribution in [0.25, 0.3) is 0 Å². The van der Waals surface area contributed by atoms with E-state index in [1.54, 1.807) is 6.92 Å². The summed E-state index contributed by atoms with van der Waals surface area (Å²) >= 11 is 1.35. The summed E-state index contributed by atoms with van der Waals surface area (Å²) in [6.07, 6.45) is 19.2. The second-order valence-corrected chi connectivity index (χ2v) is 12.9. The average molecular weight is 611 g/mol. The molecule has 9 nitrogen and oxygen atoms in total. The van der Waals surface area contributed by atoms with E-state index in [0.717, 1.165) is 57.1 Å². The minimum atomic E-state index is -4.75. The molecule has 0 rings (SSSR count). The number of thioether (sulfide) groups is 1. The number of esters is 2. The highest BCUT2D eigenvalue weighted by atomic mass is 32.2. The molecular weight excluding hydrogens is 555 g/mol. The molecule has 0 aromatic rings. The third-order valence-corrected chi connectivity index (χ3v) is 7.86. The van der Waals surface area contributed by atoms with Crippen LogP contribution in [0.1, 0.15) is 142 Å². The topological polar surface area (TPSA) is 136 Å². The van der Waals surface area contributed by atoms with Crippen molar-refractivity contribution in [2.45, 2.75) is 148 Å². The molecule has 0 unspecified atom stereocenters. The van der Waals surface area contributed by atoms with Gasteiger partial charge < -0.3 is 19.3 Å². The first kappa shape index (κ1) is 39.1. The Kier molecular flexibility index (Phi) is 26.3. The van der Waals surface area contributed by atoms with Crippen LogP contribution in [0.5, 0.6) is 0 Å². The summed E-state index contributed by atoms with van der Waals surface area (Å²) in [6.45, 7) is 2.94. The van der Waals surface area contributed by atoms with Gasteiger partial charge in [0, 0.05) is 25.5 Å². The Morgan fingerprint density at radius 2 is 1.12 bits per heavy atom. The van der Waals surface area contributed by atoms with Crippen LogP contribution in [-0.4, -0.2) is 51.9 Å². The van der Waals surface area contributed by atoms with E-state index in [1.165, 1.54) is 63.1 Å². The molecule has 236 valence electrons. The van der Waals surface area contributed by atoms with Crippen LogP contribution in [-0.2, 0) is 32.9 Å². The number of carbonyl (C=O) groups is 3. The molecule has 0 aromatic heterocycles. The number of phosphoric ester groups is 1. The van der Waals surface area contributed by atoms with Gasteiger partial charge in [0.05, 0.1) is 6.61 Å². The van der Waals surface area contributed by atoms with Crippen LogP contribution >= 0.6 is 19.6 Å². The Bertz CT molecular complexity index is 699. The highest BCUT2D eigenvalue weighted by molar-refractivity contribution is 8.13. The van der Waals surface area contributed by atoms with E-state index in [1.807, 2.05) is 0 Å². The Labute approximate surface area is 246 Å². The van der Waals surface area contributed by atoms with Crippen LogP contribution in [0.4, 0.5) is 0 Å². The van der Waals surface area contributed by atoms with Gasteiger partial charge in [-0.3, -0.25) is 18.9 Å². The molecule has 0 bridgehead atoms. The Balaban J connectivity index is 4.03. The van der Waals surface area contributed by atoms with Gasteiger partial charge in [-0.1, -0.05) is 115 Å². The Morgan fingerprint density at radius 1 is 0.675 bits per heavy atom. The van der Waals surface area contributed by atoms with Gasteiger partial charge in [0.2, 0.25) is 0 Å². The number of unbranched alkanes of at least 4 members (excludes halogenated alkanes) is 16. The highest BCUT2D eigenvalue weighted by Crippen LogP contribution is 2.35. The van der Waals surface area contributed by atoms with Crippen LogP contribution in [0.3, 0.4) is 0 Å². The minimum Gasteiger partial charge on any atom is -0.462 e. The van der Waals surface area contributed by atoms with E-state index in [-0.39, 0.29) is 24.6 Å². The Morgan fingerprint density at radius 3 is 1.60 bits per heavy atom. The van der Waals surface area contributed by atoms with Gasteiger partial charge in [0.25, 0.3) is 0 Å². The second kappa shape index (κ2) is 26.9. The lowest BCUT2D eigenvalue weighted by atomic mass is 10.0. The molecule has 0 saturated heterocycles. The van der Waals surface area contributed by atoms with Gasteiger partial charge in [-0.2, -0.15) is 0 Å². The second-order valence-electron chi connectivity index (χ2n) is 10.4. The van der Waals surface area contributed by atoms with Gasteiger partial charge in [0.15, 0.2) is 11.2 Å². The van der Waals surface area contributed by atoms with Crippen molar-refractivity contribution in [3.63, 3.8) is 0 Å². The first-order valence-corrected chi connectivity index (χ1v) is 17.8. The average Bonchev–Trinajstić information content (AvgIpc) is 2.89. The number of hydrogen-bond acceptors (Lipinski definition) is 8. The predicted octanol–water partition coefficient (Wildman–Crippen LogP) is 7.65. The van der Waals surface area contributed by atoms with E-state index in [9.17, 15) is 18.9 Å². The van der Waals surface area contributed by atoms with Crippen molar-refractivity contribution in [2.24, 2.45) is 0 Å². The maximum Gasteiger partial charge on any atom is 0.469 e. The largest absolute Gasteiger partial charge is 0.469 e. The van der Waals surface area contributed by atoms with Crippen LogP contribution < -0.4 is 0 Å². The normalized spacial score (nSPS) is 12.3. The zero-order chi connectivity index (χ0) is 29.9. The quantitative estimate of drug-likeness (QED) is 0.0516. The molecule has 0 aliphatic heterocycles. The summed E-state index contributed by atoms with van der Waals surface area (Å²) in [5.41, 5.74) is 0. The smallest absolute Gasteiger partial charge is 0.462 e. The molecule has 11 heteroatoms. The standard InChI is InChI=1S/C29H55O9PS/c1-3-4-5-6-7-8-9-10-11-12-16-19-22-29(32)38-27(25-37-39(33,34)35)24-36-28(31)21-18-15-13-14-17-20-23-40-26(2)30/h27H,3-25H2,1-2H3,(H2,33,34,35)/t27-/m0/s1. The summed E-state index contributed by atoms with van der Waals surface area (Å²) in [4.78, 5) is 53.2. The molecule has 0 spiro atoms. The fourth-order valence-corrected chi connectivity index (χ4v) is 5.20. The number of ether oxygens (including phenoxy) is 2. The number of carbonyl (C=O) groups excluding carboxylic acids is 3. The van der Waals surface area contributed by atoms with Crippen molar-refractivity contribution in [3.05, 3.63) is 0 Å². The first-order valence-electron chi connectivity index (χ1n) is 15.3. The van der Waals surface area contributed by atoms with Gasteiger partial charge in [-0.05, 0) is 19.3 Å². The molecule has 0 radical (unpaired) electrons. The lowest BCUT2D eigenvalue weighted by Gasteiger charge is -2.18. The molecule has 0 saturated carbocycles. The SMILES string of the molecule is CCCCCCCCCCCCCCC(=O)O[C@@H](COC(=O)CCCCCCCCSC(C)=O)COP(=O)(O)O. The van der Waals surface area contributed by atoms with Gasteiger partial charge in [0.1, 0.15) is 6.61 Å². The fraction of sp³-hybridized carbons (Fsp3) is 0.897. The number of hydrogen-bond donors (Lipinski definition) is 2. The van der Waals surface area contributed by atoms with Crippen LogP contribution in [0, 0.1) is 0 Å². The third kappa shape index (κ3) is 30.0. The van der Waals surface area contributed by atoms with Crippen molar-refractivity contribution in [1.29, 1.82) is 0 Å². The molecule has 0 heterocycles. The summed E-state index contributed by atoms with van der Waals surface area (Å²) in [7, 11) is -4.75. The monoisotopic (exact) mass is 610 g/mol. The zero-order valence-electron chi connectivity index (χ0n) is 24.9. The summed E-state index contributed by atoms with van der Waals surface area (Å²) < 4.78 is 26.0. The molecule has 0 amide bonds. The third-order valence-electron chi connectivity index (χ3n) is 6.47. The molecule has 0 aromatic carbocycles. The lowest BCUT2D eigenvalue weighted by molar-refractivity contribution is -0.161. The van der Waals surface area contributed by atoms with Crippen molar-refractivity contribution in [3.8, 4) is 0 Å². The molecule has 40 heavy (non-hydrogen) atoms. The summed E-state index contributed by atoms with van der Waals surface area (Å²) in [5, 5.41) is 0.142. The molecule has 0 aliphatic rings. The van der Waals surface area contributed by atoms with Crippen molar-refractivity contribution >= 4 is 36.6 Å². The number of phosphoric acid groups is 1. The molecule has 0 aliphatic carbocycles. The van der Waals surface area contributed by atoms with E-state index >= 15 is 0 Å². The maximum absolute atomic E-state index is 12.2. The van der Waals surface area contributed by atoms with Gasteiger partial charge in [-0.15, -0.1) is 0 Å². The number of rotatable bonds is 28. The van der Waals surface area contributed by atoms with E-state index in [4.69, 9.17) is 19.3 Å². The van der Waals surface area contributed by atoms with Crippen molar-refractivity contribution < 1.29 is 42.7 Å². The van der Waals surface area contributed by atoms with Crippen LogP contribution in [0.2, 0.25) is 0 Å². The van der Waals surface area contributed by atoms with Crippen molar-refractivity contribution in [2.75, 3.05) is 19.0 Å². The Hall–Kier alpha value is -0.930. The predicted molar refractivity (Wildman–Crippen MR) is 160 cm³/mol. The maximum atomic E-state index is 12.2. The van der Waals surface area contributed by atoms with Crippen molar-refractivity contribution in [1.82, 2.24) is 0 Å². The first-order chi connectivity index (χ1) is 19.1. The van der Waals surface area contributed by atoms with Gasteiger partial charge in [-0.25, -0.2) is 4.57 Å². The minimum absolute atomic E-state index is 0.142. The van der Waals surface area contributed by atoms with E-state index in [2.05, 4.69) is 11.4 Å². The molecule has 2 N–H and O–H groups in total. The summed E-state index contributed by atoms with van der Waals surface area (Å²) in [5.74, 6) is -0.0985. The van der Waals surface area contributed by atoms with Gasteiger partial charge >= 0.3 is 19.8 Å².